The van der Waals surface area contributed by atoms with Crippen molar-refractivity contribution >= 4 is 11.7 Å². The maximum absolute atomic E-state index is 12.3. The lowest BCUT2D eigenvalue weighted by Gasteiger charge is -2.23. The number of carbonyl (C=O) groups excluding carboxylic acids is 1. The first-order valence-electron chi connectivity index (χ1n) is 8.05. The van der Waals surface area contributed by atoms with Crippen molar-refractivity contribution < 1.29 is 18.7 Å². The Balaban J connectivity index is 1.53. The van der Waals surface area contributed by atoms with Crippen LogP contribution in [0.15, 0.2) is 47.2 Å². The van der Waals surface area contributed by atoms with Crippen LogP contribution in [0.5, 0.6) is 11.5 Å². The van der Waals surface area contributed by atoms with E-state index >= 15 is 0 Å². The molecule has 0 bridgehead atoms. The fraction of sp³-hybridized carbons (Fsp3) is 0.222. The van der Waals surface area contributed by atoms with Gasteiger partial charge in [0.2, 0.25) is 12.7 Å². The summed E-state index contributed by atoms with van der Waals surface area (Å²) in [4.78, 5) is 12.3. The van der Waals surface area contributed by atoms with Gasteiger partial charge in [0.15, 0.2) is 11.5 Å². The van der Waals surface area contributed by atoms with Crippen LogP contribution in [0.1, 0.15) is 29.2 Å². The molecule has 1 amide bonds. The summed E-state index contributed by atoms with van der Waals surface area (Å²) in [7, 11) is 0. The zero-order valence-electron chi connectivity index (χ0n) is 13.3. The second kappa shape index (κ2) is 5.41. The second-order valence-electron chi connectivity index (χ2n) is 6.10. The molecule has 1 N–H and O–H groups in total. The van der Waals surface area contributed by atoms with Gasteiger partial charge in [-0.15, -0.1) is 0 Å². The lowest BCUT2D eigenvalue weighted by molar-refractivity contribution is -0.116. The fourth-order valence-electron chi connectivity index (χ4n) is 3.37. The van der Waals surface area contributed by atoms with Gasteiger partial charge in [0.05, 0.1) is 12.5 Å². The van der Waals surface area contributed by atoms with Crippen molar-refractivity contribution in [2.75, 3.05) is 12.1 Å². The summed E-state index contributed by atoms with van der Waals surface area (Å²) in [5.74, 6) is 2.85. The monoisotopic (exact) mass is 337 g/mol. The second-order valence-corrected chi connectivity index (χ2v) is 6.10. The standard InChI is InChI=1S/C18H15N3O4/c22-17-7-13(11-3-4-15-16(6-11)25-10-24-15)14-8-19-21(18(14)20-17)9-12-2-1-5-23-12/h1-6,8,13H,7,9-10H2,(H,20,22)/t13-/m1/s1. The van der Waals surface area contributed by atoms with Crippen molar-refractivity contribution in [2.24, 2.45) is 0 Å². The summed E-state index contributed by atoms with van der Waals surface area (Å²) < 4.78 is 18.0. The van der Waals surface area contributed by atoms with E-state index in [1.165, 1.54) is 0 Å². The molecule has 0 saturated carbocycles. The molecule has 126 valence electrons. The molecule has 0 radical (unpaired) electrons. The molecule has 7 heteroatoms. The number of carbonyl (C=O) groups is 1. The molecule has 0 spiro atoms. The summed E-state index contributed by atoms with van der Waals surface area (Å²) in [6.45, 7) is 0.701. The highest BCUT2D eigenvalue weighted by Crippen LogP contribution is 2.41. The number of fused-ring (bicyclic) bond motifs is 2. The van der Waals surface area contributed by atoms with E-state index in [4.69, 9.17) is 13.9 Å². The number of benzene rings is 1. The number of aromatic nitrogens is 2. The Hall–Kier alpha value is -3.22. The normalized spacial score (nSPS) is 18.1. The average molecular weight is 337 g/mol. The van der Waals surface area contributed by atoms with Crippen LogP contribution in [0.4, 0.5) is 5.82 Å². The summed E-state index contributed by atoms with van der Waals surface area (Å²) in [5, 5.41) is 7.38. The lowest BCUT2D eigenvalue weighted by atomic mass is 9.87. The number of furan rings is 1. The van der Waals surface area contributed by atoms with Gasteiger partial charge >= 0.3 is 0 Å². The van der Waals surface area contributed by atoms with Crippen LogP contribution in [0.2, 0.25) is 0 Å². The molecule has 7 nitrogen and oxygen atoms in total. The first kappa shape index (κ1) is 14.2. The molecule has 2 aliphatic rings. The van der Waals surface area contributed by atoms with E-state index < -0.39 is 0 Å². The van der Waals surface area contributed by atoms with E-state index in [-0.39, 0.29) is 18.6 Å². The Labute approximate surface area is 143 Å². The Morgan fingerprint density at radius 1 is 1.24 bits per heavy atom. The van der Waals surface area contributed by atoms with Gasteiger partial charge in [0.25, 0.3) is 0 Å². The van der Waals surface area contributed by atoms with Gasteiger partial charge in [0.1, 0.15) is 18.1 Å². The maximum atomic E-state index is 12.3. The van der Waals surface area contributed by atoms with Crippen LogP contribution >= 0.6 is 0 Å². The number of nitrogens with zero attached hydrogens (tertiary/aromatic N) is 2. The van der Waals surface area contributed by atoms with Crippen LogP contribution in [-0.2, 0) is 11.3 Å². The predicted molar refractivity (Wildman–Crippen MR) is 87.7 cm³/mol. The van der Waals surface area contributed by atoms with E-state index in [1.54, 1.807) is 10.9 Å². The van der Waals surface area contributed by atoms with Gasteiger partial charge in [-0.05, 0) is 29.8 Å². The van der Waals surface area contributed by atoms with E-state index in [0.29, 0.717) is 18.7 Å². The Bertz CT molecular complexity index is 945. The highest BCUT2D eigenvalue weighted by Gasteiger charge is 2.31. The summed E-state index contributed by atoms with van der Waals surface area (Å²) in [5.41, 5.74) is 2.00. The molecule has 2 aromatic heterocycles. The third-order valence-corrected chi connectivity index (χ3v) is 4.58. The molecular weight excluding hydrogens is 322 g/mol. The zero-order valence-corrected chi connectivity index (χ0v) is 13.3. The smallest absolute Gasteiger partial charge is 0.231 e. The first-order valence-corrected chi connectivity index (χ1v) is 8.05. The van der Waals surface area contributed by atoms with Crippen LogP contribution in [0.3, 0.4) is 0 Å². The molecule has 0 unspecified atom stereocenters. The van der Waals surface area contributed by atoms with E-state index in [0.717, 1.165) is 28.5 Å². The van der Waals surface area contributed by atoms with E-state index in [1.807, 2.05) is 36.5 Å². The van der Waals surface area contributed by atoms with Crippen molar-refractivity contribution in [2.45, 2.75) is 18.9 Å². The Morgan fingerprint density at radius 2 is 2.16 bits per heavy atom. The number of rotatable bonds is 3. The Morgan fingerprint density at radius 3 is 3.04 bits per heavy atom. The first-order chi connectivity index (χ1) is 12.3. The molecule has 0 aliphatic carbocycles. The van der Waals surface area contributed by atoms with Gasteiger partial charge in [-0.1, -0.05) is 6.07 Å². The molecule has 4 heterocycles. The van der Waals surface area contributed by atoms with Crippen LogP contribution in [0.25, 0.3) is 0 Å². The highest BCUT2D eigenvalue weighted by atomic mass is 16.7. The topological polar surface area (TPSA) is 78.5 Å². The number of hydrogen-bond donors (Lipinski definition) is 1. The summed E-state index contributed by atoms with van der Waals surface area (Å²) >= 11 is 0. The predicted octanol–water partition coefficient (Wildman–Crippen LogP) is 2.73. The largest absolute Gasteiger partial charge is 0.467 e. The highest BCUT2D eigenvalue weighted by molar-refractivity contribution is 5.94. The number of ether oxygens (including phenoxy) is 2. The number of anilines is 1. The van der Waals surface area contributed by atoms with Crippen LogP contribution in [0, 0.1) is 0 Å². The molecule has 1 atom stereocenters. The lowest BCUT2D eigenvalue weighted by Crippen LogP contribution is -2.25. The van der Waals surface area contributed by atoms with Gasteiger partial charge < -0.3 is 19.2 Å². The Kier molecular flexibility index (Phi) is 3.06. The SMILES string of the molecule is O=C1C[C@H](c2ccc3c(c2)OCO3)c2cnn(Cc3ccco3)c2N1. The van der Waals surface area contributed by atoms with Gasteiger partial charge in [-0.2, -0.15) is 5.10 Å². The quantitative estimate of drug-likeness (QED) is 0.795. The number of nitrogens with one attached hydrogen (secondary N) is 1. The molecule has 0 saturated heterocycles. The minimum atomic E-state index is -0.0661. The fourth-order valence-corrected chi connectivity index (χ4v) is 3.37. The van der Waals surface area contributed by atoms with Crippen LogP contribution < -0.4 is 14.8 Å². The third-order valence-electron chi connectivity index (χ3n) is 4.58. The minimum absolute atomic E-state index is 0.0311. The van der Waals surface area contributed by atoms with Crippen molar-refractivity contribution in [3.8, 4) is 11.5 Å². The zero-order chi connectivity index (χ0) is 16.8. The molecule has 0 fully saturated rings. The van der Waals surface area contributed by atoms with Gasteiger partial charge in [-0.3, -0.25) is 4.79 Å². The third kappa shape index (κ3) is 2.36. The molecule has 1 aromatic carbocycles. The summed E-state index contributed by atoms with van der Waals surface area (Å²) in [6, 6.07) is 9.52. The molecule has 25 heavy (non-hydrogen) atoms. The van der Waals surface area contributed by atoms with Crippen molar-refractivity contribution in [3.63, 3.8) is 0 Å². The van der Waals surface area contributed by atoms with Crippen LogP contribution in [-0.4, -0.2) is 22.5 Å². The molecule has 3 aromatic rings. The average Bonchev–Trinajstić information content (AvgIpc) is 3.35. The molecular formula is C18H15N3O4. The maximum Gasteiger partial charge on any atom is 0.231 e. The van der Waals surface area contributed by atoms with Gasteiger partial charge in [0, 0.05) is 17.9 Å². The summed E-state index contributed by atoms with van der Waals surface area (Å²) in [6.07, 6.45) is 3.81. The minimum Gasteiger partial charge on any atom is -0.467 e. The van der Waals surface area contributed by atoms with Crippen molar-refractivity contribution in [1.82, 2.24) is 9.78 Å². The molecule has 5 rings (SSSR count). The number of amides is 1. The number of hydrogen-bond acceptors (Lipinski definition) is 5. The van der Waals surface area contributed by atoms with Crippen molar-refractivity contribution in [3.05, 3.63) is 59.7 Å². The van der Waals surface area contributed by atoms with Gasteiger partial charge in [-0.25, -0.2) is 4.68 Å². The van der Waals surface area contributed by atoms with E-state index in [2.05, 4.69) is 10.4 Å². The van der Waals surface area contributed by atoms with E-state index in [9.17, 15) is 4.79 Å². The van der Waals surface area contributed by atoms with Crippen molar-refractivity contribution in [1.29, 1.82) is 0 Å². The molecule has 2 aliphatic heterocycles.